The number of aryl methyl sites for hydroxylation is 1. The number of carbonyl (C=O) groups excluding carboxylic acids is 1. The molecular weight excluding hydrogens is 386 g/mol. The Kier molecular flexibility index (Phi) is 5.25. The molecule has 1 saturated carbocycles. The van der Waals surface area contributed by atoms with Crippen molar-refractivity contribution in [1.29, 1.82) is 0 Å². The van der Waals surface area contributed by atoms with Crippen LogP contribution in [0.2, 0.25) is 0 Å². The summed E-state index contributed by atoms with van der Waals surface area (Å²) in [6, 6.07) is 7.88. The van der Waals surface area contributed by atoms with Gasteiger partial charge in [0, 0.05) is 10.4 Å². The number of halogens is 1. The molecule has 1 N–H and O–H groups in total. The maximum absolute atomic E-state index is 12.8. The van der Waals surface area contributed by atoms with Crippen molar-refractivity contribution in [3.05, 3.63) is 51.4 Å². The molecule has 1 fully saturated rings. The van der Waals surface area contributed by atoms with Gasteiger partial charge in [0.1, 0.15) is 10.9 Å². The summed E-state index contributed by atoms with van der Waals surface area (Å²) in [4.78, 5) is 22.0. The monoisotopic (exact) mass is 405 g/mol. The summed E-state index contributed by atoms with van der Waals surface area (Å²) in [5.41, 5.74) is 2.41. The van der Waals surface area contributed by atoms with Crippen LogP contribution in [0.4, 0.5) is 0 Å². The van der Waals surface area contributed by atoms with E-state index in [1.807, 2.05) is 44.4 Å². The Morgan fingerprint density at radius 2 is 1.96 bits per heavy atom. The van der Waals surface area contributed by atoms with E-state index >= 15 is 0 Å². The van der Waals surface area contributed by atoms with Gasteiger partial charge < -0.3 is 5.32 Å². The topological polar surface area (TPSA) is 54.9 Å². The summed E-state index contributed by atoms with van der Waals surface area (Å²) >= 11 is 4.93. The highest BCUT2D eigenvalue weighted by atomic mass is 79.9. The fourth-order valence-corrected chi connectivity index (χ4v) is 3.50. The average Bonchev–Trinajstić information content (AvgIpc) is 3.39. The zero-order chi connectivity index (χ0) is 17.3. The van der Waals surface area contributed by atoms with Crippen molar-refractivity contribution in [1.82, 2.24) is 15.3 Å². The van der Waals surface area contributed by atoms with Crippen LogP contribution >= 0.6 is 27.7 Å². The van der Waals surface area contributed by atoms with Crippen LogP contribution in [0.15, 0.2) is 33.8 Å². The molecule has 0 bridgehead atoms. The first-order valence-electron chi connectivity index (χ1n) is 7.98. The van der Waals surface area contributed by atoms with E-state index in [1.54, 1.807) is 0 Å². The number of nitrogens with one attached hydrogen (secondary N) is 1. The molecule has 1 aromatic carbocycles. The molecule has 0 radical (unpaired) electrons. The van der Waals surface area contributed by atoms with Crippen LogP contribution in [0.1, 0.15) is 59.2 Å². The van der Waals surface area contributed by atoms with Crippen molar-refractivity contribution < 1.29 is 4.79 Å². The van der Waals surface area contributed by atoms with Gasteiger partial charge in [0.05, 0.1) is 17.3 Å². The minimum atomic E-state index is -0.116. The number of nitrogens with zero attached hydrogens (tertiary/aromatic N) is 2. The third-order valence-electron chi connectivity index (χ3n) is 4.15. The molecule has 1 atom stereocenters. The number of hydrogen-bond acceptors (Lipinski definition) is 4. The third kappa shape index (κ3) is 3.81. The Hall–Kier alpha value is -1.40. The van der Waals surface area contributed by atoms with Gasteiger partial charge in [-0.2, -0.15) is 0 Å². The third-order valence-corrected chi connectivity index (χ3v) is 5.37. The highest BCUT2D eigenvalue weighted by molar-refractivity contribution is 9.10. The quantitative estimate of drug-likeness (QED) is 0.581. The van der Waals surface area contributed by atoms with Gasteiger partial charge in [-0.1, -0.05) is 28.1 Å². The Labute approximate surface area is 155 Å². The van der Waals surface area contributed by atoms with Crippen molar-refractivity contribution in [2.24, 2.45) is 0 Å². The Bertz CT molecular complexity index is 760. The van der Waals surface area contributed by atoms with E-state index in [-0.39, 0.29) is 11.9 Å². The number of aromatic nitrogens is 2. The standard InChI is InChI=1S/C18H20BrN3OS/c1-10(12-6-8-14(19)9-7-12)21-17(23)15-11(2)20-16(13-4-5-13)22-18(15)24-3/h6-10,13H,4-5H2,1-3H3,(H,21,23). The summed E-state index contributed by atoms with van der Waals surface area (Å²) in [7, 11) is 0. The van der Waals surface area contributed by atoms with Gasteiger partial charge in [-0.05, 0) is 50.6 Å². The highest BCUT2D eigenvalue weighted by Gasteiger charge is 2.29. The summed E-state index contributed by atoms with van der Waals surface area (Å²) in [6.07, 6.45) is 4.26. The second kappa shape index (κ2) is 7.23. The first kappa shape index (κ1) is 17.4. The van der Waals surface area contributed by atoms with E-state index < -0.39 is 0 Å². The number of hydrogen-bond donors (Lipinski definition) is 1. The summed E-state index contributed by atoms with van der Waals surface area (Å²) in [5.74, 6) is 1.25. The molecule has 4 nitrogen and oxygen atoms in total. The van der Waals surface area contributed by atoms with Crippen molar-refractivity contribution in [2.75, 3.05) is 6.26 Å². The fraction of sp³-hybridized carbons (Fsp3) is 0.389. The largest absolute Gasteiger partial charge is 0.345 e. The van der Waals surface area contributed by atoms with Crippen molar-refractivity contribution in [2.45, 2.75) is 43.7 Å². The second-order valence-electron chi connectivity index (χ2n) is 6.07. The molecule has 6 heteroatoms. The van der Waals surface area contributed by atoms with Crippen LogP contribution in [0.3, 0.4) is 0 Å². The second-order valence-corrected chi connectivity index (χ2v) is 7.78. The lowest BCUT2D eigenvalue weighted by Gasteiger charge is -2.17. The normalized spacial score (nSPS) is 15.2. The van der Waals surface area contributed by atoms with Gasteiger partial charge in [-0.25, -0.2) is 9.97 Å². The molecular formula is C18H20BrN3OS. The maximum atomic E-state index is 12.8. The minimum Gasteiger partial charge on any atom is -0.345 e. The molecule has 0 saturated heterocycles. The molecule has 24 heavy (non-hydrogen) atoms. The van der Waals surface area contributed by atoms with E-state index in [0.29, 0.717) is 11.5 Å². The minimum absolute atomic E-state index is 0.0807. The molecule has 1 amide bonds. The molecule has 1 aromatic heterocycles. The average molecular weight is 406 g/mol. The van der Waals surface area contributed by atoms with E-state index in [1.165, 1.54) is 11.8 Å². The van der Waals surface area contributed by atoms with Crippen LogP contribution in [-0.2, 0) is 0 Å². The molecule has 0 spiro atoms. The molecule has 1 aliphatic carbocycles. The number of amides is 1. The molecule has 1 heterocycles. The van der Waals surface area contributed by atoms with Crippen LogP contribution in [0.25, 0.3) is 0 Å². The highest BCUT2D eigenvalue weighted by Crippen LogP contribution is 2.39. The number of carbonyl (C=O) groups is 1. The van der Waals surface area contributed by atoms with Crippen molar-refractivity contribution in [3.63, 3.8) is 0 Å². The summed E-state index contributed by atoms with van der Waals surface area (Å²) in [6.45, 7) is 3.88. The SMILES string of the molecule is CSc1nc(C2CC2)nc(C)c1C(=O)NC(C)c1ccc(Br)cc1. The lowest BCUT2D eigenvalue weighted by atomic mass is 10.1. The molecule has 1 aliphatic rings. The van der Waals surface area contributed by atoms with Crippen LogP contribution in [0.5, 0.6) is 0 Å². The lowest BCUT2D eigenvalue weighted by Crippen LogP contribution is -2.28. The number of rotatable bonds is 5. The summed E-state index contributed by atoms with van der Waals surface area (Å²) in [5, 5.41) is 3.83. The van der Waals surface area contributed by atoms with Crippen molar-refractivity contribution >= 4 is 33.6 Å². The Morgan fingerprint density at radius 1 is 1.29 bits per heavy atom. The van der Waals surface area contributed by atoms with E-state index in [2.05, 4.69) is 31.2 Å². The van der Waals surface area contributed by atoms with Crippen molar-refractivity contribution in [3.8, 4) is 0 Å². The molecule has 1 unspecified atom stereocenters. The van der Waals surface area contributed by atoms with Gasteiger partial charge in [0.15, 0.2) is 0 Å². The van der Waals surface area contributed by atoms with Gasteiger partial charge in [0.25, 0.3) is 5.91 Å². The zero-order valence-corrected chi connectivity index (χ0v) is 16.4. The van der Waals surface area contributed by atoms with E-state index in [4.69, 9.17) is 0 Å². The first-order valence-corrected chi connectivity index (χ1v) is 10.00. The van der Waals surface area contributed by atoms with Crippen LogP contribution < -0.4 is 5.32 Å². The van der Waals surface area contributed by atoms with E-state index in [0.717, 1.165) is 39.4 Å². The number of thioether (sulfide) groups is 1. The molecule has 0 aliphatic heterocycles. The molecule has 126 valence electrons. The fourth-order valence-electron chi connectivity index (χ4n) is 2.60. The predicted molar refractivity (Wildman–Crippen MR) is 101 cm³/mol. The Balaban J connectivity index is 1.82. The Morgan fingerprint density at radius 3 is 2.54 bits per heavy atom. The van der Waals surface area contributed by atoms with Gasteiger partial charge in [-0.3, -0.25) is 4.79 Å². The van der Waals surface area contributed by atoms with Crippen LogP contribution in [0, 0.1) is 6.92 Å². The predicted octanol–water partition coefficient (Wildman–Crippen LogP) is 4.64. The smallest absolute Gasteiger partial charge is 0.256 e. The molecule has 2 aromatic rings. The lowest BCUT2D eigenvalue weighted by molar-refractivity contribution is 0.0935. The molecule has 3 rings (SSSR count). The van der Waals surface area contributed by atoms with Gasteiger partial charge >= 0.3 is 0 Å². The van der Waals surface area contributed by atoms with Gasteiger partial charge in [0.2, 0.25) is 0 Å². The van der Waals surface area contributed by atoms with Crippen LogP contribution in [-0.4, -0.2) is 22.1 Å². The number of benzene rings is 1. The van der Waals surface area contributed by atoms with E-state index in [9.17, 15) is 4.79 Å². The summed E-state index contributed by atoms with van der Waals surface area (Å²) < 4.78 is 1.02. The first-order chi connectivity index (χ1) is 11.5. The van der Waals surface area contributed by atoms with Gasteiger partial charge in [-0.15, -0.1) is 11.8 Å². The zero-order valence-electron chi connectivity index (χ0n) is 14.0. The maximum Gasteiger partial charge on any atom is 0.256 e.